The molecule has 0 saturated carbocycles. The molecule has 0 saturated heterocycles. The summed E-state index contributed by atoms with van der Waals surface area (Å²) in [5, 5.41) is 2.19. The number of carbonyl (C=O) groups is 1. The summed E-state index contributed by atoms with van der Waals surface area (Å²) < 4.78 is 66.4. The van der Waals surface area contributed by atoms with Gasteiger partial charge in [0.25, 0.3) is 0 Å². The minimum Gasteiger partial charge on any atom is -0.324 e. The molecule has 0 aliphatic heterocycles. The molecule has 0 atom stereocenters. The van der Waals surface area contributed by atoms with Crippen LogP contribution in [0.4, 0.5) is 18.9 Å². The number of aryl methyl sites for hydroxylation is 1. The van der Waals surface area contributed by atoms with Gasteiger partial charge < -0.3 is 5.32 Å². The second-order valence-electron chi connectivity index (χ2n) is 7.31. The molecule has 5 nitrogen and oxygen atoms in total. The molecule has 0 aromatic heterocycles. The molecule has 3 rings (SSSR count). The highest BCUT2D eigenvalue weighted by Crippen LogP contribution is 2.34. The zero-order chi connectivity index (χ0) is 24.2. The third-order valence-corrected chi connectivity index (χ3v) is 6.88. The first-order valence-electron chi connectivity index (χ1n) is 9.74. The van der Waals surface area contributed by atoms with E-state index in [1.54, 1.807) is 30.3 Å². The van der Waals surface area contributed by atoms with Crippen molar-refractivity contribution in [2.75, 3.05) is 11.9 Å². The second kappa shape index (κ2) is 9.94. The molecular weight excluding hydrogens is 477 g/mol. The minimum absolute atomic E-state index is 0.0120. The zero-order valence-corrected chi connectivity index (χ0v) is 19.0. The van der Waals surface area contributed by atoms with E-state index in [4.69, 9.17) is 11.6 Å². The molecular formula is C23H20ClF3N2O3S. The lowest BCUT2D eigenvalue weighted by Gasteiger charge is -2.22. The molecule has 0 aliphatic carbocycles. The highest BCUT2D eigenvalue weighted by atomic mass is 35.5. The summed E-state index contributed by atoms with van der Waals surface area (Å²) in [6, 6.07) is 17.2. The highest BCUT2D eigenvalue weighted by Gasteiger charge is 2.31. The van der Waals surface area contributed by atoms with Gasteiger partial charge in [0, 0.05) is 6.54 Å². The van der Waals surface area contributed by atoms with Crippen LogP contribution in [-0.4, -0.2) is 25.2 Å². The van der Waals surface area contributed by atoms with Crippen LogP contribution in [-0.2, 0) is 27.5 Å². The normalized spacial score (nSPS) is 12.1. The summed E-state index contributed by atoms with van der Waals surface area (Å²) in [6.07, 6.45) is -4.63. The van der Waals surface area contributed by atoms with E-state index in [1.165, 1.54) is 12.1 Å². The van der Waals surface area contributed by atoms with Crippen molar-refractivity contribution in [2.24, 2.45) is 0 Å². The Bertz CT molecular complexity index is 1230. The van der Waals surface area contributed by atoms with Crippen molar-refractivity contribution in [2.45, 2.75) is 24.5 Å². The molecule has 0 fully saturated rings. The average molecular weight is 497 g/mol. The first-order chi connectivity index (χ1) is 15.5. The minimum atomic E-state index is -4.63. The third-order valence-electron chi connectivity index (χ3n) is 4.75. The summed E-state index contributed by atoms with van der Waals surface area (Å²) in [7, 11) is -4.08. The molecule has 33 heavy (non-hydrogen) atoms. The summed E-state index contributed by atoms with van der Waals surface area (Å²) >= 11 is 5.94. The van der Waals surface area contributed by atoms with Crippen molar-refractivity contribution in [1.82, 2.24) is 4.31 Å². The van der Waals surface area contributed by atoms with E-state index >= 15 is 0 Å². The van der Waals surface area contributed by atoms with Crippen molar-refractivity contribution in [3.63, 3.8) is 0 Å². The van der Waals surface area contributed by atoms with Crippen LogP contribution in [0.3, 0.4) is 0 Å². The summed E-state index contributed by atoms with van der Waals surface area (Å²) in [5.41, 5.74) is 0.373. The first-order valence-corrected chi connectivity index (χ1v) is 11.6. The van der Waals surface area contributed by atoms with Crippen molar-refractivity contribution in [3.8, 4) is 0 Å². The molecule has 3 aromatic rings. The fourth-order valence-corrected chi connectivity index (χ4v) is 4.58. The third kappa shape index (κ3) is 6.34. The standard InChI is InChI=1S/C23H20ClF3N2O3S/c1-16-7-9-17(10-8-16)14-29(33(31,32)19-5-3-2-4-6-19)15-22(30)28-21-13-18(23(25,26)27)11-12-20(21)24/h2-13H,14-15H2,1H3,(H,28,30). The van der Waals surface area contributed by atoms with Crippen molar-refractivity contribution >= 4 is 33.2 Å². The van der Waals surface area contributed by atoms with Crippen LogP contribution in [0.1, 0.15) is 16.7 Å². The zero-order valence-electron chi connectivity index (χ0n) is 17.4. The molecule has 174 valence electrons. The molecule has 0 unspecified atom stereocenters. The van der Waals surface area contributed by atoms with E-state index in [1.807, 2.05) is 19.1 Å². The van der Waals surface area contributed by atoms with Crippen LogP contribution in [0.25, 0.3) is 0 Å². The van der Waals surface area contributed by atoms with E-state index in [0.29, 0.717) is 11.6 Å². The van der Waals surface area contributed by atoms with Crippen LogP contribution in [0.15, 0.2) is 77.7 Å². The number of benzene rings is 3. The van der Waals surface area contributed by atoms with Gasteiger partial charge >= 0.3 is 6.18 Å². The Kier molecular flexibility index (Phi) is 7.46. The molecule has 0 aliphatic rings. The fraction of sp³-hybridized carbons (Fsp3) is 0.174. The number of alkyl halides is 3. The molecule has 0 radical (unpaired) electrons. The van der Waals surface area contributed by atoms with Gasteiger partial charge in [0.1, 0.15) is 0 Å². The van der Waals surface area contributed by atoms with Gasteiger partial charge in [0.15, 0.2) is 0 Å². The van der Waals surface area contributed by atoms with E-state index in [9.17, 15) is 26.4 Å². The van der Waals surface area contributed by atoms with Gasteiger partial charge in [0.2, 0.25) is 15.9 Å². The van der Waals surface area contributed by atoms with Crippen LogP contribution in [0.2, 0.25) is 5.02 Å². The maximum atomic E-state index is 13.2. The van der Waals surface area contributed by atoms with Crippen LogP contribution >= 0.6 is 11.6 Å². The molecule has 3 aromatic carbocycles. The van der Waals surface area contributed by atoms with E-state index in [2.05, 4.69) is 5.32 Å². The summed E-state index contributed by atoms with van der Waals surface area (Å²) in [5.74, 6) is -0.831. The largest absolute Gasteiger partial charge is 0.416 e. The fourth-order valence-electron chi connectivity index (χ4n) is 3.01. The topological polar surface area (TPSA) is 66.5 Å². The average Bonchev–Trinajstić information content (AvgIpc) is 2.76. The Balaban J connectivity index is 1.88. The summed E-state index contributed by atoms with van der Waals surface area (Å²) in [6.45, 7) is 1.15. The Labute approximate surface area is 194 Å². The van der Waals surface area contributed by atoms with E-state index in [0.717, 1.165) is 22.0 Å². The summed E-state index contributed by atoms with van der Waals surface area (Å²) in [4.78, 5) is 12.7. The number of anilines is 1. The van der Waals surface area contributed by atoms with Gasteiger partial charge in [-0.3, -0.25) is 4.79 Å². The van der Waals surface area contributed by atoms with Gasteiger partial charge in [-0.25, -0.2) is 8.42 Å². The predicted molar refractivity (Wildman–Crippen MR) is 120 cm³/mol. The highest BCUT2D eigenvalue weighted by molar-refractivity contribution is 7.89. The predicted octanol–water partition coefficient (Wildman–Crippen LogP) is 5.50. The molecule has 1 N–H and O–H groups in total. The van der Waals surface area contributed by atoms with Gasteiger partial charge in [0.05, 0.1) is 27.7 Å². The lowest BCUT2D eigenvalue weighted by Crippen LogP contribution is -2.37. The van der Waals surface area contributed by atoms with Gasteiger partial charge in [-0.15, -0.1) is 0 Å². The van der Waals surface area contributed by atoms with Gasteiger partial charge in [-0.2, -0.15) is 17.5 Å². The number of nitrogens with zero attached hydrogens (tertiary/aromatic N) is 1. The maximum absolute atomic E-state index is 13.2. The Morgan fingerprint density at radius 2 is 1.64 bits per heavy atom. The molecule has 10 heteroatoms. The van der Waals surface area contributed by atoms with Crippen molar-refractivity contribution in [1.29, 1.82) is 0 Å². The van der Waals surface area contributed by atoms with Crippen molar-refractivity contribution < 1.29 is 26.4 Å². The number of amides is 1. The Morgan fingerprint density at radius 3 is 2.24 bits per heavy atom. The monoisotopic (exact) mass is 496 g/mol. The number of halogens is 4. The SMILES string of the molecule is Cc1ccc(CN(CC(=O)Nc2cc(C(F)(F)F)ccc2Cl)S(=O)(=O)c2ccccc2)cc1. The van der Waals surface area contributed by atoms with Gasteiger partial charge in [-0.05, 0) is 42.8 Å². The number of hydrogen-bond acceptors (Lipinski definition) is 3. The molecule has 0 spiro atoms. The number of nitrogens with one attached hydrogen (secondary N) is 1. The Morgan fingerprint density at radius 1 is 1.00 bits per heavy atom. The van der Waals surface area contributed by atoms with E-state index in [-0.39, 0.29) is 22.2 Å². The smallest absolute Gasteiger partial charge is 0.324 e. The number of sulfonamides is 1. The van der Waals surface area contributed by atoms with Crippen molar-refractivity contribution in [3.05, 3.63) is 94.5 Å². The molecule has 0 heterocycles. The molecule has 1 amide bonds. The van der Waals surface area contributed by atoms with E-state index < -0.39 is 34.2 Å². The van der Waals surface area contributed by atoms with Crippen LogP contribution in [0, 0.1) is 6.92 Å². The van der Waals surface area contributed by atoms with Crippen LogP contribution < -0.4 is 5.32 Å². The van der Waals surface area contributed by atoms with Gasteiger partial charge in [-0.1, -0.05) is 59.6 Å². The van der Waals surface area contributed by atoms with Crippen LogP contribution in [0.5, 0.6) is 0 Å². The second-order valence-corrected chi connectivity index (χ2v) is 9.66. The number of rotatable bonds is 7. The first kappa shape index (κ1) is 24.8. The number of hydrogen-bond donors (Lipinski definition) is 1. The Hall–Kier alpha value is -2.88. The molecule has 0 bridgehead atoms. The quantitative estimate of drug-likeness (QED) is 0.470. The maximum Gasteiger partial charge on any atom is 0.416 e. The lowest BCUT2D eigenvalue weighted by atomic mass is 10.1. The number of carbonyl (C=O) groups excluding carboxylic acids is 1. The lowest BCUT2D eigenvalue weighted by molar-refractivity contribution is -0.137.